The highest BCUT2D eigenvalue weighted by atomic mass is 16.3. The maximum Gasteiger partial charge on any atom is 0.118 e. The number of furan rings is 1. The van der Waals surface area contributed by atoms with Crippen LogP contribution in [0.2, 0.25) is 0 Å². The van der Waals surface area contributed by atoms with E-state index in [1.54, 1.807) is 0 Å². The van der Waals surface area contributed by atoms with Gasteiger partial charge in [0.2, 0.25) is 0 Å². The number of hydrogen-bond acceptors (Lipinski definition) is 3. The van der Waals surface area contributed by atoms with Crippen LogP contribution in [0.1, 0.15) is 52.6 Å². The minimum Gasteiger partial charge on any atom is -0.463 e. The van der Waals surface area contributed by atoms with Crippen molar-refractivity contribution < 1.29 is 4.42 Å². The SMILES string of the molecule is CCCN(Cc1ccc(CNC(C)C)o1)C(C)C. The van der Waals surface area contributed by atoms with Gasteiger partial charge in [0.05, 0.1) is 13.1 Å². The van der Waals surface area contributed by atoms with E-state index < -0.39 is 0 Å². The average molecular weight is 252 g/mol. The third-order valence-corrected chi connectivity index (χ3v) is 3.00. The Balaban J connectivity index is 2.51. The summed E-state index contributed by atoms with van der Waals surface area (Å²) >= 11 is 0. The smallest absolute Gasteiger partial charge is 0.118 e. The molecule has 0 aromatic carbocycles. The standard InChI is InChI=1S/C15H28N2O/c1-6-9-17(13(4)5)11-15-8-7-14(18-15)10-16-12(2)3/h7-8,12-13,16H,6,9-11H2,1-5H3. The summed E-state index contributed by atoms with van der Waals surface area (Å²) in [7, 11) is 0. The Morgan fingerprint density at radius 3 is 2.39 bits per heavy atom. The maximum absolute atomic E-state index is 5.86. The molecule has 3 nitrogen and oxygen atoms in total. The van der Waals surface area contributed by atoms with Crippen LogP contribution in [-0.2, 0) is 13.1 Å². The summed E-state index contributed by atoms with van der Waals surface area (Å²) in [5.41, 5.74) is 0. The maximum atomic E-state index is 5.86. The number of hydrogen-bond donors (Lipinski definition) is 1. The lowest BCUT2D eigenvalue weighted by molar-refractivity contribution is 0.195. The Morgan fingerprint density at radius 2 is 1.83 bits per heavy atom. The third-order valence-electron chi connectivity index (χ3n) is 3.00. The lowest BCUT2D eigenvalue weighted by atomic mass is 10.2. The van der Waals surface area contributed by atoms with Crippen LogP contribution in [-0.4, -0.2) is 23.5 Å². The zero-order valence-corrected chi connectivity index (χ0v) is 12.5. The van der Waals surface area contributed by atoms with Gasteiger partial charge in [-0.05, 0) is 38.9 Å². The molecule has 1 N–H and O–H groups in total. The fourth-order valence-corrected chi connectivity index (χ4v) is 1.91. The molecule has 0 aliphatic rings. The quantitative estimate of drug-likeness (QED) is 0.768. The van der Waals surface area contributed by atoms with Crippen molar-refractivity contribution in [3.8, 4) is 0 Å². The molecule has 1 rings (SSSR count). The van der Waals surface area contributed by atoms with E-state index in [0.29, 0.717) is 12.1 Å². The van der Waals surface area contributed by atoms with E-state index in [1.807, 2.05) is 0 Å². The lowest BCUT2D eigenvalue weighted by Crippen LogP contribution is -2.30. The highest BCUT2D eigenvalue weighted by molar-refractivity contribution is 5.07. The van der Waals surface area contributed by atoms with E-state index in [-0.39, 0.29) is 0 Å². The van der Waals surface area contributed by atoms with Crippen molar-refractivity contribution in [2.75, 3.05) is 6.54 Å². The van der Waals surface area contributed by atoms with Gasteiger partial charge in [0.25, 0.3) is 0 Å². The highest BCUT2D eigenvalue weighted by Crippen LogP contribution is 2.13. The second-order valence-corrected chi connectivity index (χ2v) is 5.47. The van der Waals surface area contributed by atoms with Gasteiger partial charge >= 0.3 is 0 Å². The largest absolute Gasteiger partial charge is 0.463 e. The van der Waals surface area contributed by atoms with Gasteiger partial charge in [-0.3, -0.25) is 4.90 Å². The van der Waals surface area contributed by atoms with Crippen LogP contribution in [0.25, 0.3) is 0 Å². The minimum atomic E-state index is 0.491. The zero-order chi connectivity index (χ0) is 13.5. The van der Waals surface area contributed by atoms with E-state index in [2.05, 4.69) is 57.0 Å². The molecule has 104 valence electrons. The van der Waals surface area contributed by atoms with Gasteiger partial charge in [0.15, 0.2) is 0 Å². The summed E-state index contributed by atoms with van der Waals surface area (Å²) in [6, 6.07) is 5.23. The molecule has 0 aliphatic heterocycles. The molecule has 3 heteroatoms. The zero-order valence-electron chi connectivity index (χ0n) is 12.5. The molecular weight excluding hydrogens is 224 g/mol. The predicted octanol–water partition coefficient (Wildman–Crippen LogP) is 3.40. The van der Waals surface area contributed by atoms with Crippen LogP contribution in [0, 0.1) is 0 Å². The summed E-state index contributed by atoms with van der Waals surface area (Å²) in [6.45, 7) is 13.8. The number of nitrogens with zero attached hydrogens (tertiary/aromatic N) is 1. The van der Waals surface area contributed by atoms with Crippen LogP contribution in [0.5, 0.6) is 0 Å². The van der Waals surface area contributed by atoms with Crippen molar-refractivity contribution in [2.45, 2.75) is 66.2 Å². The summed E-state index contributed by atoms with van der Waals surface area (Å²) in [5.74, 6) is 2.09. The monoisotopic (exact) mass is 252 g/mol. The summed E-state index contributed by atoms with van der Waals surface area (Å²) in [5, 5.41) is 3.37. The Labute approximate surface area is 112 Å². The molecule has 0 saturated heterocycles. The van der Waals surface area contributed by atoms with Gasteiger partial charge in [-0.25, -0.2) is 0 Å². The van der Waals surface area contributed by atoms with Gasteiger partial charge in [-0.15, -0.1) is 0 Å². The van der Waals surface area contributed by atoms with Gasteiger partial charge in [0, 0.05) is 12.1 Å². The van der Waals surface area contributed by atoms with E-state index in [4.69, 9.17) is 4.42 Å². The van der Waals surface area contributed by atoms with Crippen LogP contribution < -0.4 is 5.32 Å². The molecule has 0 fully saturated rings. The summed E-state index contributed by atoms with van der Waals surface area (Å²) in [4.78, 5) is 2.44. The first kappa shape index (κ1) is 15.3. The average Bonchev–Trinajstić information content (AvgIpc) is 2.73. The van der Waals surface area contributed by atoms with Gasteiger partial charge in [0.1, 0.15) is 11.5 Å². The van der Waals surface area contributed by atoms with Crippen molar-refractivity contribution in [1.82, 2.24) is 10.2 Å². The Morgan fingerprint density at radius 1 is 1.17 bits per heavy atom. The molecule has 0 atom stereocenters. The minimum absolute atomic E-state index is 0.491. The Hall–Kier alpha value is -0.800. The molecule has 1 aromatic rings. The van der Waals surface area contributed by atoms with Gasteiger partial charge < -0.3 is 9.73 Å². The van der Waals surface area contributed by atoms with Crippen molar-refractivity contribution in [2.24, 2.45) is 0 Å². The fourth-order valence-electron chi connectivity index (χ4n) is 1.91. The Bertz CT molecular complexity index is 331. The molecule has 0 unspecified atom stereocenters. The summed E-state index contributed by atoms with van der Waals surface area (Å²) < 4.78 is 5.86. The molecule has 0 spiro atoms. The van der Waals surface area contributed by atoms with Crippen LogP contribution in [0.4, 0.5) is 0 Å². The number of rotatable bonds is 8. The van der Waals surface area contributed by atoms with Crippen molar-refractivity contribution in [1.29, 1.82) is 0 Å². The molecule has 0 amide bonds. The van der Waals surface area contributed by atoms with Gasteiger partial charge in [-0.2, -0.15) is 0 Å². The molecule has 0 bridgehead atoms. The predicted molar refractivity (Wildman–Crippen MR) is 76.5 cm³/mol. The van der Waals surface area contributed by atoms with E-state index in [0.717, 1.165) is 31.2 Å². The van der Waals surface area contributed by atoms with Crippen molar-refractivity contribution >= 4 is 0 Å². The highest BCUT2D eigenvalue weighted by Gasteiger charge is 2.11. The van der Waals surface area contributed by atoms with E-state index >= 15 is 0 Å². The van der Waals surface area contributed by atoms with E-state index in [1.165, 1.54) is 6.42 Å². The van der Waals surface area contributed by atoms with Crippen LogP contribution in [0.15, 0.2) is 16.5 Å². The summed E-state index contributed by atoms with van der Waals surface area (Å²) in [6.07, 6.45) is 1.18. The van der Waals surface area contributed by atoms with Crippen LogP contribution >= 0.6 is 0 Å². The Kier molecular flexibility index (Phi) is 6.44. The number of nitrogens with one attached hydrogen (secondary N) is 1. The fraction of sp³-hybridized carbons (Fsp3) is 0.733. The second kappa shape index (κ2) is 7.59. The first-order valence-electron chi connectivity index (χ1n) is 7.08. The molecule has 0 radical (unpaired) electrons. The molecular formula is C15H28N2O. The normalized spacial score (nSPS) is 12.0. The molecule has 0 aliphatic carbocycles. The molecule has 1 aromatic heterocycles. The van der Waals surface area contributed by atoms with Crippen molar-refractivity contribution in [3.05, 3.63) is 23.7 Å². The lowest BCUT2D eigenvalue weighted by Gasteiger charge is -2.24. The first-order chi connectivity index (χ1) is 8.52. The third kappa shape index (κ3) is 5.23. The second-order valence-electron chi connectivity index (χ2n) is 5.47. The molecule has 0 saturated carbocycles. The van der Waals surface area contributed by atoms with E-state index in [9.17, 15) is 0 Å². The van der Waals surface area contributed by atoms with Crippen molar-refractivity contribution in [3.63, 3.8) is 0 Å². The molecule has 18 heavy (non-hydrogen) atoms. The first-order valence-corrected chi connectivity index (χ1v) is 7.08. The topological polar surface area (TPSA) is 28.4 Å². The van der Waals surface area contributed by atoms with Gasteiger partial charge in [-0.1, -0.05) is 20.8 Å². The van der Waals surface area contributed by atoms with Crippen LogP contribution in [0.3, 0.4) is 0 Å². The molecule has 1 heterocycles.